The van der Waals surface area contributed by atoms with Crippen molar-refractivity contribution in [1.82, 2.24) is 19.4 Å². The highest BCUT2D eigenvalue weighted by Crippen LogP contribution is 2.33. The van der Waals surface area contributed by atoms with Crippen molar-refractivity contribution in [2.24, 2.45) is 0 Å². The van der Waals surface area contributed by atoms with Gasteiger partial charge in [-0.05, 0) is 37.8 Å². The van der Waals surface area contributed by atoms with E-state index < -0.39 is 0 Å². The fraction of sp³-hybridized carbons (Fsp3) is 0.448. The number of fused-ring (bicyclic) bond motifs is 1. The van der Waals surface area contributed by atoms with Crippen LogP contribution in [0, 0.1) is 0 Å². The molecule has 0 saturated heterocycles. The molecule has 3 aromatic rings. The molecule has 0 saturated carbocycles. The van der Waals surface area contributed by atoms with Crippen molar-refractivity contribution in [1.29, 1.82) is 0 Å². The maximum absolute atomic E-state index is 13.2. The Morgan fingerprint density at radius 2 is 1.92 bits per heavy atom. The van der Waals surface area contributed by atoms with Gasteiger partial charge in [-0.2, -0.15) is 0 Å². The van der Waals surface area contributed by atoms with Crippen molar-refractivity contribution in [3.63, 3.8) is 0 Å². The fourth-order valence-electron chi connectivity index (χ4n) is 4.60. The van der Waals surface area contributed by atoms with Crippen molar-refractivity contribution >= 4 is 5.91 Å². The highest BCUT2D eigenvalue weighted by molar-refractivity contribution is 5.76. The van der Waals surface area contributed by atoms with Gasteiger partial charge in [0.15, 0.2) is 11.5 Å². The van der Waals surface area contributed by atoms with Crippen LogP contribution in [0.15, 0.2) is 67.3 Å². The minimum Gasteiger partial charge on any atom is -0.490 e. The number of carbonyl (C=O) groups excluding carboxylic acids is 1. The van der Waals surface area contributed by atoms with E-state index in [1.165, 1.54) is 5.56 Å². The van der Waals surface area contributed by atoms with Crippen LogP contribution in [0.2, 0.25) is 0 Å². The van der Waals surface area contributed by atoms with Crippen LogP contribution in [0.3, 0.4) is 0 Å². The molecule has 1 amide bonds. The molecule has 192 valence electrons. The van der Waals surface area contributed by atoms with Crippen LogP contribution in [-0.2, 0) is 24.4 Å². The van der Waals surface area contributed by atoms with Gasteiger partial charge in [-0.1, -0.05) is 42.5 Å². The molecule has 1 aromatic heterocycles. The molecular formula is C29H38N4O3. The number of benzene rings is 2. The number of carbonyl (C=O) groups is 1. The van der Waals surface area contributed by atoms with Gasteiger partial charge in [-0.25, -0.2) is 4.98 Å². The lowest BCUT2D eigenvalue weighted by atomic mass is 10.1. The van der Waals surface area contributed by atoms with Gasteiger partial charge >= 0.3 is 0 Å². The molecule has 2 heterocycles. The molecule has 0 N–H and O–H groups in total. The monoisotopic (exact) mass is 490 g/mol. The smallest absolute Gasteiger partial charge is 0.224 e. The average molecular weight is 491 g/mol. The summed E-state index contributed by atoms with van der Waals surface area (Å²) < 4.78 is 14.2. The lowest BCUT2D eigenvalue weighted by Gasteiger charge is -2.28. The Morgan fingerprint density at radius 3 is 2.72 bits per heavy atom. The normalized spacial score (nSPS) is 15.6. The lowest BCUT2D eigenvalue weighted by Crippen LogP contribution is -2.39. The number of ether oxygens (including phenoxy) is 2. The quantitative estimate of drug-likeness (QED) is 0.478. The zero-order chi connectivity index (χ0) is 25.0. The van der Waals surface area contributed by atoms with Crippen molar-refractivity contribution < 1.29 is 14.3 Å². The predicted octanol–water partition coefficient (Wildman–Crippen LogP) is 4.77. The highest BCUT2D eigenvalue weighted by atomic mass is 16.5. The standard InChI is InChI=1S/C29H38N4O3/c1-2-35-27-13-9-12-26-23-32(22-25-10-5-3-6-11-25)19-20-33(16-7-4-8-21-36-29(26)27)28(34)14-17-31-18-15-30-24-31/h3,5-6,9-13,15,18,24H,2,4,7-8,14,16-17,19-23H2,1H3. The topological polar surface area (TPSA) is 59.8 Å². The third kappa shape index (κ3) is 7.59. The van der Waals surface area contributed by atoms with Crippen molar-refractivity contribution in [2.45, 2.75) is 52.2 Å². The summed E-state index contributed by atoms with van der Waals surface area (Å²) >= 11 is 0. The van der Waals surface area contributed by atoms with Gasteiger partial charge in [0.2, 0.25) is 5.91 Å². The summed E-state index contributed by atoms with van der Waals surface area (Å²) in [5.74, 6) is 1.86. The zero-order valence-corrected chi connectivity index (χ0v) is 21.3. The molecule has 7 nitrogen and oxygen atoms in total. The molecule has 7 heteroatoms. The second-order valence-electron chi connectivity index (χ2n) is 9.21. The highest BCUT2D eigenvalue weighted by Gasteiger charge is 2.19. The number of imidazole rings is 1. The SMILES string of the molecule is CCOc1cccc2c1OCCCCCN(C(=O)CCn1ccnc1)CCN(Cc1ccccc1)C2. The first-order valence-electron chi connectivity index (χ1n) is 13.1. The summed E-state index contributed by atoms with van der Waals surface area (Å²) in [4.78, 5) is 21.7. The molecule has 36 heavy (non-hydrogen) atoms. The number of aromatic nitrogens is 2. The van der Waals surface area contributed by atoms with Crippen LogP contribution < -0.4 is 9.47 Å². The number of aryl methyl sites for hydroxylation is 1. The summed E-state index contributed by atoms with van der Waals surface area (Å²) in [6, 6.07) is 16.7. The number of rotatable bonds is 7. The molecule has 0 bridgehead atoms. The van der Waals surface area contributed by atoms with E-state index in [9.17, 15) is 4.79 Å². The van der Waals surface area contributed by atoms with Gasteiger partial charge < -0.3 is 18.9 Å². The minimum atomic E-state index is 0.202. The van der Waals surface area contributed by atoms with Gasteiger partial charge in [-0.3, -0.25) is 9.69 Å². The summed E-state index contributed by atoms with van der Waals surface area (Å²) in [6.45, 7) is 7.69. The molecule has 0 spiro atoms. The van der Waals surface area contributed by atoms with Crippen LogP contribution in [-0.4, -0.2) is 58.1 Å². The van der Waals surface area contributed by atoms with Crippen LogP contribution in [0.4, 0.5) is 0 Å². The Kier molecular flexibility index (Phi) is 9.79. The molecule has 1 aliphatic heterocycles. The fourth-order valence-corrected chi connectivity index (χ4v) is 4.60. The Labute approximate surface area is 214 Å². The molecule has 0 radical (unpaired) electrons. The second kappa shape index (κ2) is 13.7. The summed E-state index contributed by atoms with van der Waals surface area (Å²) in [5, 5.41) is 0. The van der Waals surface area contributed by atoms with Crippen LogP contribution >= 0.6 is 0 Å². The van der Waals surface area contributed by atoms with E-state index in [1.54, 1.807) is 12.5 Å². The second-order valence-corrected chi connectivity index (χ2v) is 9.21. The van der Waals surface area contributed by atoms with E-state index in [-0.39, 0.29) is 5.91 Å². The number of hydrogen-bond donors (Lipinski definition) is 0. The average Bonchev–Trinajstić information content (AvgIpc) is 3.42. The van der Waals surface area contributed by atoms with Crippen LogP contribution in [0.1, 0.15) is 43.7 Å². The number of para-hydroxylation sites is 1. The van der Waals surface area contributed by atoms with E-state index in [0.717, 1.165) is 62.5 Å². The number of hydrogen-bond acceptors (Lipinski definition) is 5. The molecule has 0 fully saturated rings. The zero-order valence-electron chi connectivity index (χ0n) is 21.3. The van der Waals surface area contributed by atoms with Gasteiger partial charge in [-0.15, -0.1) is 0 Å². The number of amides is 1. The molecule has 2 aromatic carbocycles. The van der Waals surface area contributed by atoms with E-state index in [1.807, 2.05) is 40.8 Å². The lowest BCUT2D eigenvalue weighted by molar-refractivity contribution is -0.131. The molecule has 0 unspecified atom stereocenters. The first-order chi connectivity index (χ1) is 17.7. The van der Waals surface area contributed by atoms with E-state index in [0.29, 0.717) is 32.7 Å². The summed E-state index contributed by atoms with van der Waals surface area (Å²) in [5.41, 5.74) is 2.37. The Morgan fingerprint density at radius 1 is 1.03 bits per heavy atom. The first-order valence-corrected chi connectivity index (χ1v) is 13.1. The van der Waals surface area contributed by atoms with E-state index in [2.05, 4.69) is 40.2 Å². The summed E-state index contributed by atoms with van der Waals surface area (Å²) in [7, 11) is 0. The molecule has 1 aliphatic rings. The van der Waals surface area contributed by atoms with E-state index >= 15 is 0 Å². The number of nitrogens with zero attached hydrogens (tertiary/aromatic N) is 4. The van der Waals surface area contributed by atoms with Crippen molar-refractivity contribution in [3.05, 3.63) is 78.4 Å². The predicted molar refractivity (Wildman–Crippen MR) is 141 cm³/mol. The molecule has 4 rings (SSSR count). The maximum atomic E-state index is 13.2. The Bertz CT molecular complexity index is 1060. The maximum Gasteiger partial charge on any atom is 0.224 e. The van der Waals surface area contributed by atoms with Crippen LogP contribution in [0.25, 0.3) is 0 Å². The summed E-state index contributed by atoms with van der Waals surface area (Å²) in [6.07, 6.45) is 8.85. The van der Waals surface area contributed by atoms with Crippen LogP contribution in [0.5, 0.6) is 11.5 Å². The largest absolute Gasteiger partial charge is 0.490 e. The van der Waals surface area contributed by atoms with Crippen molar-refractivity contribution in [2.75, 3.05) is 32.8 Å². The minimum absolute atomic E-state index is 0.202. The molecular weight excluding hydrogens is 452 g/mol. The van der Waals surface area contributed by atoms with Gasteiger partial charge in [0, 0.05) is 63.6 Å². The Balaban J connectivity index is 1.53. The van der Waals surface area contributed by atoms with Crippen molar-refractivity contribution in [3.8, 4) is 11.5 Å². The third-order valence-corrected chi connectivity index (χ3v) is 6.50. The van der Waals surface area contributed by atoms with Gasteiger partial charge in [0.1, 0.15) is 0 Å². The molecule has 0 aliphatic carbocycles. The Hall–Kier alpha value is -3.32. The first kappa shape index (κ1) is 25.8. The third-order valence-electron chi connectivity index (χ3n) is 6.50. The molecule has 0 atom stereocenters. The van der Waals surface area contributed by atoms with Gasteiger partial charge in [0.25, 0.3) is 0 Å². The van der Waals surface area contributed by atoms with E-state index in [4.69, 9.17) is 9.47 Å². The van der Waals surface area contributed by atoms with Gasteiger partial charge in [0.05, 0.1) is 19.5 Å².